The highest BCUT2D eigenvalue weighted by molar-refractivity contribution is 5.56. The van der Waals surface area contributed by atoms with Crippen LogP contribution in [-0.4, -0.2) is 11.4 Å². The van der Waals surface area contributed by atoms with Gasteiger partial charge in [-0.25, -0.2) is 0 Å². The van der Waals surface area contributed by atoms with Crippen LogP contribution in [0.1, 0.15) is 41.5 Å². The Morgan fingerprint density at radius 2 is 1.93 bits per heavy atom. The molecule has 82 valence electrons. The van der Waals surface area contributed by atoms with Crippen molar-refractivity contribution in [2.75, 3.05) is 0 Å². The average molecular weight is 206 g/mol. The summed E-state index contributed by atoms with van der Waals surface area (Å²) in [6.45, 7) is 7.82. The summed E-state index contributed by atoms with van der Waals surface area (Å²) < 4.78 is 0. The SMILES string of the molecule is Cc1cc(C)c(C(C)CC=O)c(O)c1C. The first-order chi connectivity index (χ1) is 6.99. The molecule has 1 aromatic rings. The second-order valence-corrected chi connectivity index (χ2v) is 4.20. The Kier molecular flexibility index (Phi) is 3.51. The van der Waals surface area contributed by atoms with Crippen LogP contribution in [0.3, 0.4) is 0 Å². The number of phenols is 1. The number of aldehydes is 1. The Labute approximate surface area is 90.9 Å². The van der Waals surface area contributed by atoms with E-state index in [1.54, 1.807) is 0 Å². The van der Waals surface area contributed by atoms with Gasteiger partial charge in [0.25, 0.3) is 0 Å². The van der Waals surface area contributed by atoms with Gasteiger partial charge in [-0.2, -0.15) is 0 Å². The molecule has 2 nitrogen and oxygen atoms in total. The molecule has 1 unspecified atom stereocenters. The number of rotatable bonds is 3. The summed E-state index contributed by atoms with van der Waals surface area (Å²) in [5.41, 5.74) is 3.97. The Morgan fingerprint density at radius 3 is 2.47 bits per heavy atom. The molecule has 0 saturated carbocycles. The van der Waals surface area contributed by atoms with Crippen molar-refractivity contribution in [3.63, 3.8) is 0 Å². The van der Waals surface area contributed by atoms with E-state index in [1.165, 1.54) is 0 Å². The maximum absolute atomic E-state index is 10.5. The monoisotopic (exact) mass is 206 g/mol. The van der Waals surface area contributed by atoms with Crippen LogP contribution in [-0.2, 0) is 4.79 Å². The Balaban J connectivity index is 3.28. The first-order valence-electron chi connectivity index (χ1n) is 5.22. The van der Waals surface area contributed by atoms with Crippen molar-refractivity contribution in [3.05, 3.63) is 28.3 Å². The van der Waals surface area contributed by atoms with Gasteiger partial charge in [0.05, 0.1) is 0 Å². The second kappa shape index (κ2) is 4.47. The number of hydrogen-bond acceptors (Lipinski definition) is 2. The van der Waals surface area contributed by atoms with Crippen molar-refractivity contribution in [2.24, 2.45) is 0 Å². The van der Waals surface area contributed by atoms with Crippen molar-refractivity contribution in [3.8, 4) is 5.75 Å². The third-order valence-electron chi connectivity index (χ3n) is 3.00. The Bertz CT molecular complexity index is 381. The fourth-order valence-corrected chi connectivity index (χ4v) is 1.97. The van der Waals surface area contributed by atoms with Gasteiger partial charge in [-0.3, -0.25) is 0 Å². The number of hydrogen-bond donors (Lipinski definition) is 1. The minimum Gasteiger partial charge on any atom is -0.507 e. The number of phenolic OH excluding ortho intramolecular Hbond substituents is 1. The van der Waals surface area contributed by atoms with Crippen LogP contribution in [0.5, 0.6) is 5.75 Å². The van der Waals surface area contributed by atoms with Crippen molar-refractivity contribution < 1.29 is 9.90 Å². The molecule has 1 atom stereocenters. The molecular formula is C13H18O2. The van der Waals surface area contributed by atoms with Crippen LogP contribution >= 0.6 is 0 Å². The molecule has 1 N–H and O–H groups in total. The summed E-state index contributed by atoms with van der Waals surface area (Å²) in [4.78, 5) is 10.5. The lowest BCUT2D eigenvalue weighted by Gasteiger charge is -2.17. The topological polar surface area (TPSA) is 37.3 Å². The molecule has 0 bridgehead atoms. The van der Waals surface area contributed by atoms with Crippen LogP contribution in [0, 0.1) is 20.8 Å². The van der Waals surface area contributed by atoms with Gasteiger partial charge in [0.1, 0.15) is 12.0 Å². The van der Waals surface area contributed by atoms with Gasteiger partial charge < -0.3 is 9.90 Å². The summed E-state index contributed by atoms with van der Waals surface area (Å²) in [7, 11) is 0. The maximum atomic E-state index is 10.5. The third-order valence-corrected chi connectivity index (χ3v) is 3.00. The van der Waals surface area contributed by atoms with E-state index in [2.05, 4.69) is 6.07 Å². The lowest BCUT2D eigenvalue weighted by atomic mass is 9.89. The van der Waals surface area contributed by atoms with Crippen LogP contribution < -0.4 is 0 Å². The molecule has 1 rings (SSSR count). The molecule has 0 aromatic heterocycles. The van der Waals surface area contributed by atoms with E-state index in [9.17, 15) is 9.90 Å². The predicted octanol–water partition coefficient (Wildman–Crippen LogP) is 3.01. The van der Waals surface area contributed by atoms with Crippen molar-refractivity contribution >= 4 is 6.29 Å². The highest BCUT2D eigenvalue weighted by Crippen LogP contribution is 2.34. The minimum absolute atomic E-state index is 0.0850. The molecule has 0 fully saturated rings. The van der Waals surface area contributed by atoms with E-state index in [4.69, 9.17) is 0 Å². The van der Waals surface area contributed by atoms with E-state index in [0.29, 0.717) is 12.2 Å². The zero-order valence-corrected chi connectivity index (χ0v) is 9.79. The maximum Gasteiger partial charge on any atom is 0.122 e. The molecule has 0 aliphatic heterocycles. The Hall–Kier alpha value is -1.31. The van der Waals surface area contributed by atoms with Gasteiger partial charge in [-0.15, -0.1) is 0 Å². The van der Waals surface area contributed by atoms with Crippen molar-refractivity contribution in [1.29, 1.82) is 0 Å². The first-order valence-corrected chi connectivity index (χ1v) is 5.22. The van der Waals surface area contributed by atoms with E-state index in [0.717, 1.165) is 28.5 Å². The first kappa shape index (κ1) is 11.8. The number of carbonyl (C=O) groups excluding carboxylic acids is 1. The molecule has 0 heterocycles. The summed E-state index contributed by atoms with van der Waals surface area (Å²) in [6, 6.07) is 2.06. The standard InChI is InChI=1S/C13H18O2/c1-8(5-6-14)12-10(3)7-9(2)11(4)13(12)15/h6-8,15H,5H2,1-4H3. The van der Waals surface area contributed by atoms with Gasteiger partial charge >= 0.3 is 0 Å². The van der Waals surface area contributed by atoms with E-state index in [1.807, 2.05) is 27.7 Å². The number of carbonyl (C=O) groups is 1. The molecular weight excluding hydrogens is 188 g/mol. The fraction of sp³-hybridized carbons (Fsp3) is 0.462. The summed E-state index contributed by atoms with van der Waals surface area (Å²) in [5.74, 6) is 0.434. The zero-order chi connectivity index (χ0) is 11.6. The second-order valence-electron chi connectivity index (χ2n) is 4.20. The minimum atomic E-state index is 0.0850. The zero-order valence-electron chi connectivity index (χ0n) is 9.79. The van der Waals surface area contributed by atoms with Gasteiger partial charge in [0.2, 0.25) is 0 Å². The molecule has 0 spiro atoms. The lowest BCUT2D eigenvalue weighted by molar-refractivity contribution is -0.108. The fourth-order valence-electron chi connectivity index (χ4n) is 1.97. The molecule has 2 heteroatoms. The van der Waals surface area contributed by atoms with Crippen LogP contribution in [0.4, 0.5) is 0 Å². The van der Waals surface area contributed by atoms with Crippen molar-refractivity contribution in [1.82, 2.24) is 0 Å². The van der Waals surface area contributed by atoms with E-state index in [-0.39, 0.29) is 5.92 Å². The van der Waals surface area contributed by atoms with Gasteiger partial charge in [0.15, 0.2) is 0 Å². The Morgan fingerprint density at radius 1 is 1.33 bits per heavy atom. The number of benzene rings is 1. The molecule has 15 heavy (non-hydrogen) atoms. The molecule has 0 radical (unpaired) electrons. The highest BCUT2D eigenvalue weighted by atomic mass is 16.3. The molecule has 0 saturated heterocycles. The van der Waals surface area contributed by atoms with E-state index >= 15 is 0 Å². The summed E-state index contributed by atoms with van der Waals surface area (Å²) >= 11 is 0. The normalized spacial score (nSPS) is 12.5. The van der Waals surface area contributed by atoms with Crippen LogP contribution in [0.15, 0.2) is 6.07 Å². The van der Waals surface area contributed by atoms with Crippen LogP contribution in [0.2, 0.25) is 0 Å². The predicted molar refractivity (Wildman–Crippen MR) is 61.4 cm³/mol. The third kappa shape index (κ3) is 2.20. The highest BCUT2D eigenvalue weighted by Gasteiger charge is 2.16. The number of aryl methyl sites for hydroxylation is 2. The van der Waals surface area contributed by atoms with Gasteiger partial charge in [-0.1, -0.05) is 13.0 Å². The number of aromatic hydroxyl groups is 1. The molecule has 0 aliphatic carbocycles. The van der Waals surface area contributed by atoms with Gasteiger partial charge in [-0.05, 0) is 43.4 Å². The smallest absolute Gasteiger partial charge is 0.122 e. The molecule has 0 aliphatic rings. The summed E-state index contributed by atoms with van der Waals surface area (Å²) in [6.07, 6.45) is 1.36. The van der Waals surface area contributed by atoms with Crippen LogP contribution in [0.25, 0.3) is 0 Å². The van der Waals surface area contributed by atoms with Crippen molar-refractivity contribution in [2.45, 2.75) is 40.0 Å². The average Bonchev–Trinajstić information content (AvgIpc) is 2.15. The lowest BCUT2D eigenvalue weighted by Crippen LogP contribution is -2.00. The quantitative estimate of drug-likeness (QED) is 0.772. The largest absolute Gasteiger partial charge is 0.507 e. The van der Waals surface area contributed by atoms with E-state index < -0.39 is 0 Å². The van der Waals surface area contributed by atoms with Gasteiger partial charge in [0, 0.05) is 12.0 Å². The molecule has 0 amide bonds. The molecule has 1 aromatic carbocycles. The summed E-state index contributed by atoms with van der Waals surface area (Å²) in [5, 5.41) is 10.0.